The molecule has 5 rings (SSSR count). The molecule has 182 valence electrons. The zero-order chi connectivity index (χ0) is 25.1. The summed E-state index contributed by atoms with van der Waals surface area (Å²) in [4.78, 5) is 61.3. The van der Waals surface area contributed by atoms with Gasteiger partial charge < -0.3 is 25.0 Å². The second kappa shape index (κ2) is 8.45. The molecule has 0 saturated carbocycles. The van der Waals surface area contributed by atoms with E-state index in [1.165, 1.54) is 35.4 Å². The molecular weight excluding hydrogens is 469 g/mol. The Balaban J connectivity index is 1.38. The molecule has 2 aliphatic rings. The van der Waals surface area contributed by atoms with Gasteiger partial charge in [0.15, 0.2) is 0 Å². The van der Waals surface area contributed by atoms with Crippen molar-refractivity contribution < 1.29 is 28.7 Å². The van der Waals surface area contributed by atoms with E-state index in [0.717, 1.165) is 17.7 Å². The molecule has 4 N–H and O–H groups in total. The first-order valence-electron chi connectivity index (χ1n) is 11.5. The maximum Gasteiger partial charge on any atom is 0.396 e. The first-order chi connectivity index (χ1) is 16.5. The minimum atomic E-state index is -4.91. The molecule has 3 aromatic rings. The first kappa shape index (κ1) is 23.5. The van der Waals surface area contributed by atoms with Gasteiger partial charge >= 0.3 is 7.60 Å². The number of carbonyl (C=O) groups is 3. The van der Waals surface area contributed by atoms with E-state index in [9.17, 15) is 18.9 Å². The number of anilines is 1. The van der Waals surface area contributed by atoms with Gasteiger partial charge in [-0.3, -0.25) is 18.9 Å². The monoisotopic (exact) mass is 495 g/mol. The Morgan fingerprint density at radius 2 is 1.83 bits per heavy atom. The van der Waals surface area contributed by atoms with Gasteiger partial charge in [-0.25, -0.2) is 0 Å². The molecule has 0 bridgehead atoms. The fourth-order valence-electron chi connectivity index (χ4n) is 4.95. The number of amides is 2. The number of benzene rings is 2. The number of hydrogen-bond donors (Lipinski definition) is 4. The summed E-state index contributed by atoms with van der Waals surface area (Å²) < 4.78 is 11.3. The van der Waals surface area contributed by atoms with Crippen LogP contribution in [0.1, 0.15) is 63.7 Å². The summed E-state index contributed by atoms with van der Waals surface area (Å²) in [5, 5.41) is 3.31. The predicted octanol–water partition coefficient (Wildman–Crippen LogP) is 3.24. The van der Waals surface area contributed by atoms with Crippen LogP contribution in [0.2, 0.25) is 0 Å². The number of H-pyrrole nitrogens is 1. The molecule has 9 nitrogen and oxygen atoms in total. The largest absolute Gasteiger partial charge is 0.396 e. The fraction of sp³-hybridized carbons (Fsp3) is 0.320. The molecule has 0 spiro atoms. The zero-order valence-corrected chi connectivity index (χ0v) is 20.3. The Morgan fingerprint density at radius 3 is 2.51 bits per heavy atom. The number of nitrogens with one attached hydrogen (secondary N) is 2. The van der Waals surface area contributed by atoms with Gasteiger partial charge in [0.2, 0.25) is 5.91 Å². The van der Waals surface area contributed by atoms with Gasteiger partial charge in [-0.1, -0.05) is 26.0 Å². The smallest absolute Gasteiger partial charge is 0.351 e. The van der Waals surface area contributed by atoms with Crippen molar-refractivity contribution in [3.8, 4) is 0 Å². The third kappa shape index (κ3) is 4.20. The number of fused-ring (bicyclic) bond motifs is 1. The van der Waals surface area contributed by atoms with E-state index in [0.29, 0.717) is 36.2 Å². The van der Waals surface area contributed by atoms with E-state index in [4.69, 9.17) is 9.79 Å². The van der Waals surface area contributed by atoms with Crippen molar-refractivity contribution in [3.05, 3.63) is 64.3 Å². The number of carbonyl (C=O) groups excluding carboxylic acids is 3. The van der Waals surface area contributed by atoms with Crippen molar-refractivity contribution in [1.82, 2.24) is 10.3 Å². The van der Waals surface area contributed by atoms with Crippen LogP contribution in [0.5, 0.6) is 0 Å². The molecule has 0 unspecified atom stereocenters. The zero-order valence-electron chi connectivity index (χ0n) is 19.4. The molecule has 2 aliphatic heterocycles. The summed E-state index contributed by atoms with van der Waals surface area (Å²) in [5.74, 6) is -0.200. The molecule has 0 saturated heterocycles. The Kier molecular flexibility index (Phi) is 5.67. The minimum absolute atomic E-state index is 0.126. The maximum atomic E-state index is 13.3. The molecule has 1 atom stereocenters. The van der Waals surface area contributed by atoms with Crippen molar-refractivity contribution in [2.24, 2.45) is 0 Å². The van der Waals surface area contributed by atoms with Gasteiger partial charge in [0, 0.05) is 23.0 Å². The molecular formula is C25H26N3O6P. The molecule has 0 fully saturated rings. The average molecular weight is 495 g/mol. The number of aromatic amines is 1. The Hall–Kier alpha value is -3.26. The van der Waals surface area contributed by atoms with Crippen molar-refractivity contribution in [3.63, 3.8) is 0 Å². The highest BCUT2D eigenvalue weighted by Crippen LogP contribution is 2.40. The van der Waals surface area contributed by atoms with Gasteiger partial charge in [-0.15, -0.1) is 0 Å². The molecule has 3 heterocycles. The van der Waals surface area contributed by atoms with Crippen LogP contribution in [0.15, 0.2) is 36.4 Å². The molecule has 35 heavy (non-hydrogen) atoms. The molecule has 2 amide bonds. The van der Waals surface area contributed by atoms with Gasteiger partial charge in [-0.2, -0.15) is 0 Å². The van der Waals surface area contributed by atoms with E-state index in [1.54, 1.807) is 4.90 Å². The maximum absolute atomic E-state index is 13.3. The average Bonchev–Trinajstić information content (AvgIpc) is 3.40. The van der Waals surface area contributed by atoms with Crippen LogP contribution in [-0.4, -0.2) is 44.7 Å². The van der Waals surface area contributed by atoms with Crippen molar-refractivity contribution in [1.29, 1.82) is 0 Å². The summed E-state index contributed by atoms with van der Waals surface area (Å²) in [6.45, 7) is 4.90. The van der Waals surface area contributed by atoms with Crippen LogP contribution in [0.4, 0.5) is 5.69 Å². The fourth-order valence-corrected chi connectivity index (χ4v) is 5.43. The van der Waals surface area contributed by atoms with Crippen LogP contribution in [0.3, 0.4) is 0 Å². The highest BCUT2D eigenvalue weighted by molar-refractivity contribution is 7.70. The first-order valence-corrected chi connectivity index (χ1v) is 13.2. The minimum Gasteiger partial charge on any atom is -0.351 e. The highest BCUT2D eigenvalue weighted by atomic mass is 31.2. The molecule has 0 radical (unpaired) electrons. The van der Waals surface area contributed by atoms with Crippen LogP contribution < -0.4 is 10.2 Å². The Morgan fingerprint density at radius 1 is 1.11 bits per heavy atom. The summed E-state index contributed by atoms with van der Waals surface area (Å²) in [6, 6.07) is 9.29. The van der Waals surface area contributed by atoms with Crippen LogP contribution >= 0.6 is 7.60 Å². The summed E-state index contributed by atoms with van der Waals surface area (Å²) in [5.41, 5.74) is 3.88. The summed E-state index contributed by atoms with van der Waals surface area (Å²) >= 11 is 0. The summed E-state index contributed by atoms with van der Waals surface area (Å²) in [7, 11) is -4.91. The van der Waals surface area contributed by atoms with Gasteiger partial charge in [0.05, 0.1) is 5.69 Å². The number of aryl methyl sites for hydroxylation is 1. The SMILES string of the molecule is CC(C)c1cc2c3c(c1)CCN3C(=O)[C@@H](NC(=O)c1cc3cc(C(=O)P(=O)(O)O)ccc3[nH]1)CC2. The predicted molar refractivity (Wildman–Crippen MR) is 131 cm³/mol. The number of rotatable bonds is 5. The van der Waals surface area contributed by atoms with Crippen LogP contribution in [-0.2, 0) is 22.2 Å². The van der Waals surface area contributed by atoms with Crippen molar-refractivity contribution >= 4 is 41.5 Å². The lowest BCUT2D eigenvalue weighted by Crippen LogP contribution is -2.47. The second-order valence-electron chi connectivity index (χ2n) is 9.48. The molecule has 2 aromatic carbocycles. The normalized spacial score (nSPS) is 17.6. The number of nitrogens with zero attached hydrogens (tertiary/aromatic N) is 1. The van der Waals surface area contributed by atoms with Crippen LogP contribution in [0, 0.1) is 0 Å². The topological polar surface area (TPSA) is 140 Å². The lowest BCUT2D eigenvalue weighted by atomic mass is 9.94. The summed E-state index contributed by atoms with van der Waals surface area (Å²) in [6.07, 6.45) is 1.96. The highest BCUT2D eigenvalue weighted by Gasteiger charge is 2.36. The van der Waals surface area contributed by atoms with Gasteiger partial charge in [0.1, 0.15) is 11.7 Å². The standard InChI is InChI=1S/C25H26N3O6P/c1-13(2)17-9-14-3-6-20(24(30)28-8-7-15(10-17)22(14)28)27-23(29)21-12-18-11-16(4-5-19(18)26-21)25(31)35(32,33)34/h4-5,9-13,20,26H,3,6-8H2,1-2H3,(H,27,29)(H2,32,33,34)/t20-/m0/s1. The van der Waals surface area contributed by atoms with Gasteiger partial charge in [0.25, 0.3) is 11.4 Å². The Bertz CT molecular complexity index is 1440. The van der Waals surface area contributed by atoms with E-state index < -0.39 is 25.1 Å². The van der Waals surface area contributed by atoms with Crippen LogP contribution in [0.25, 0.3) is 10.9 Å². The van der Waals surface area contributed by atoms with Crippen molar-refractivity contribution in [2.45, 2.75) is 45.1 Å². The third-order valence-electron chi connectivity index (χ3n) is 6.78. The molecule has 1 aromatic heterocycles. The Labute approximate surface area is 201 Å². The third-order valence-corrected chi connectivity index (χ3v) is 7.57. The second-order valence-corrected chi connectivity index (χ2v) is 11.0. The molecule has 0 aliphatic carbocycles. The van der Waals surface area contributed by atoms with E-state index in [2.05, 4.69) is 36.3 Å². The molecule has 10 heteroatoms. The van der Waals surface area contributed by atoms with Gasteiger partial charge in [-0.05, 0) is 66.1 Å². The lowest BCUT2D eigenvalue weighted by molar-refractivity contribution is -0.120. The van der Waals surface area contributed by atoms with E-state index >= 15 is 0 Å². The van der Waals surface area contributed by atoms with E-state index in [-0.39, 0.29) is 17.2 Å². The number of aromatic nitrogens is 1. The number of hydrogen-bond acceptors (Lipinski definition) is 4. The van der Waals surface area contributed by atoms with E-state index in [1.807, 2.05) is 0 Å². The van der Waals surface area contributed by atoms with Crippen molar-refractivity contribution in [2.75, 3.05) is 11.4 Å². The quantitative estimate of drug-likeness (QED) is 0.401. The lowest BCUT2D eigenvalue weighted by Gasteiger charge is -2.22.